The van der Waals surface area contributed by atoms with Gasteiger partial charge in [0, 0.05) is 23.5 Å². The fourth-order valence-corrected chi connectivity index (χ4v) is 6.24. The summed E-state index contributed by atoms with van der Waals surface area (Å²) in [5.74, 6) is 0.508. The fraction of sp³-hybridized carbons (Fsp3) is 0.629. The molecule has 0 heterocycles. The van der Waals surface area contributed by atoms with E-state index in [2.05, 4.69) is 101 Å². The van der Waals surface area contributed by atoms with Gasteiger partial charge < -0.3 is 9.84 Å². The van der Waals surface area contributed by atoms with Gasteiger partial charge in [-0.05, 0) is 64.2 Å². The van der Waals surface area contributed by atoms with Crippen molar-refractivity contribution in [3.8, 4) is 11.5 Å². The number of esters is 1. The molecule has 3 heteroatoms. The molecule has 0 spiro atoms. The summed E-state index contributed by atoms with van der Waals surface area (Å²) in [5, 5.41) is 11.0. The molecule has 0 aromatic heterocycles. The molecule has 2 aromatic rings. The van der Waals surface area contributed by atoms with Gasteiger partial charge in [-0.3, -0.25) is 4.79 Å². The lowest BCUT2D eigenvalue weighted by Crippen LogP contribution is -2.25. The third-order valence-corrected chi connectivity index (χ3v) is 7.44. The minimum Gasteiger partial charge on any atom is -0.508 e. The maximum absolute atomic E-state index is 12.7. The molecule has 0 bridgehead atoms. The SMILES string of the molecule is CCCCC(=O)Oc1ccc(C(C)(C)CC(C)(C)C)cc1C(C)c1cc(C(C)(C)CC(C)(C)C)ccc1O. The standard InChI is InChI=1S/C35H54O3/c1-13-14-15-31(37)38-30-19-17-26(35(11,12)23-33(6,7)8)21-28(30)24(2)27-20-25(16-18-29(27)36)34(9,10)22-32(3,4)5/h16-21,24,36H,13-15,22-23H2,1-12H3. The van der Waals surface area contributed by atoms with E-state index in [-0.39, 0.29) is 39.3 Å². The van der Waals surface area contributed by atoms with Gasteiger partial charge in [-0.2, -0.15) is 0 Å². The Hall–Kier alpha value is -2.29. The molecule has 0 radical (unpaired) electrons. The second-order valence-electron chi connectivity index (χ2n) is 15.1. The molecule has 0 aliphatic carbocycles. The zero-order valence-corrected chi connectivity index (χ0v) is 26.3. The van der Waals surface area contributed by atoms with Gasteiger partial charge in [-0.25, -0.2) is 0 Å². The highest BCUT2D eigenvalue weighted by atomic mass is 16.5. The highest BCUT2D eigenvalue weighted by molar-refractivity contribution is 5.73. The summed E-state index contributed by atoms with van der Waals surface area (Å²) in [5.41, 5.74) is 4.47. The molecular weight excluding hydrogens is 468 g/mol. The topological polar surface area (TPSA) is 46.5 Å². The van der Waals surface area contributed by atoms with Crippen LogP contribution in [0.1, 0.15) is 143 Å². The van der Waals surface area contributed by atoms with Crippen LogP contribution in [0.25, 0.3) is 0 Å². The average Bonchev–Trinajstić information content (AvgIpc) is 2.74. The maximum atomic E-state index is 12.7. The molecule has 0 aliphatic rings. The summed E-state index contributed by atoms with van der Waals surface area (Å²) in [7, 11) is 0. The molecule has 3 nitrogen and oxygen atoms in total. The third kappa shape index (κ3) is 8.89. The molecule has 0 saturated heterocycles. The summed E-state index contributed by atoms with van der Waals surface area (Å²) >= 11 is 0. The van der Waals surface area contributed by atoms with Crippen LogP contribution in [0.3, 0.4) is 0 Å². The van der Waals surface area contributed by atoms with Crippen LogP contribution in [-0.2, 0) is 15.6 Å². The summed E-state index contributed by atoms with van der Waals surface area (Å²) < 4.78 is 5.94. The van der Waals surface area contributed by atoms with Crippen molar-refractivity contribution in [2.24, 2.45) is 10.8 Å². The van der Waals surface area contributed by atoms with Gasteiger partial charge in [0.15, 0.2) is 0 Å². The van der Waals surface area contributed by atoms with E-state index < -0.39 is 0 Å². The Morgan fingerprint density at radius 1 is 0.789 bits per heavy atom. The van der Waals surface area contributed by atoms with E-state index in [9.17, 15) is 9.90 Å². The monoisotopic (exact) mass is 522 g/mol. The van der Waals surface area contributed by atoms with E-state index >= 15 is 0 Å². The smallest absolute Gasteiger partial charge is 0.311 e. The fourth-order valence-electron chi connectivity index (χ4n) is 6.24. The van der Waals surface area contributed by atoms with Crippen molar-refractivity contribution < 1.29 is 14.6 Å². The largest absolute Gasteiger partial charge is 0.508 e. The number of unbranched alkanes of at least 4 members (excludes halogenated alkanes) is 1. The van der Waals surface area contributed by atoms with Gasteiger partial charge in [0.05, 0.1) is 0 Å². The molecular formula is C35H54O3. The zero-order valence-electron chi connectivity index (χ0n) is 26.3. The van der Waals surface area contributed by atoms with Crippen LogP contribution in [0.5, 0.6) is 11.5 Å². The van der Waals surface area contributed by atoms with Crippen molar-refractivity contribution in [1.82, 2.24) is 0 Å². The van der Waals surface area contributed by atoms with Crippen molar-refractivity contribution >= 4 is 5.97 Å². The van der Waals surface area contributed by atoms with Crippen molar-refractivity contribution in [1.29, 1.82) is 0 Å². The Balaban J connectivity index is 2.62. The van der Waals surface area contributed by atoms with Gasteiger partial charge in [0.1, 0.15) is 11.5 Å². The Morgan fingerprint density at radius 3 is 1.74 bits per heavy atom. The van der Waals surface area contributed by atoms with E-state index in [4.69, 9.17) is 4.74 Å². The number of hydrogen-bond donors (Lipinski definition) is 1. The minimum atomic E-state index is -0.203. The van der Waals surface area contributed by atoms with E-state index in [0.29, 0.717) is 12.2 Å². The summed E-state index contributed by atoms with van der Waals surface area (Å²) in [6, 6.07) is 12.3. The number of aromatic hydroxyl groups is 1. The molecule has 1 atom stereocenters. The number of carbonyl (C=O) groups is 1. The number of phenolic OH excluding ortho intramolecular Hbond substituents is 1. The van der Waals surface area contributed by atoms with Crippen LogP contribution in [0.15, 0.2) is 36.4 Å². The van der Waals surface area contributed by atoms with E-state index in [1.165, 1.54) is 11.1 Å². The quantitative estimate of drug-likeness (QED) is 0.249. The first-order valence-electron chi connectivity index (χ1n) is 14.4. The Bertz CT molecular complexity index is 1090. The summed E-state index contributed by atoms with van der Waals surface area (Å²) in [6.45, 7) is 26.9. The molecule has 0 amide bonds. The Labute approximate surface area is 233 Å². The third-order valence-electron chi connectivity index (χ3n) is 7.44. The van der Waals surface area contributed by atoms with Crippen LogP contribution in [0.2, 0.25) is 0 Å². The highest BCUT2D eigenvalue weighted by Crippen LogP contribution is 2.44. The predicted octanol–water partition coefficient (Wildman–Crippen LogP) is 10.1. The molecule has 1 N–H and O–H groups in total. The molecule has 2 rings (SSSR count). The molecule has 0 saturated carbocycles. The van der Waals surface area contributed by atoms with E-state index in [1.807, 2.05) is 18.2 Å². The normalized spacial score (nSPS) is 13.9. The first kappa shape index (κ1) is 31.9. The van der Waals surface area contributed by atoms with Gasteiger partial charge in [0.2, 0.25) is 0 Å². The molecule has 38 heavy (non-hydrogen) atoms. The number of hydrogen-bond acceptors (Lipinski definition) is 3. The number of carbonyl (C=O) groups excluding carboxylic acids is 1. The van der Waals surface area contributed by atoms with Crippen LogP contribution in [-0.4, -0.2) is 11.1 Å². The zero-order chi connectivity index (χ0) is 29.1. The lowest BCUT2D eigenvalue weighted by Gasteiger charge is -2.34. The second-order valence-corrected chi connectivity index (χ2v) is 15.1. The number of benzene rings is 2. The molecule has 212 valence electrons. The van der Waals surface area contributed by atoms with Gasteiger partial charge >= 0.3 is 5.97 Å². The summed E-state index contributed by atoms with van der Waals surface area (Å²) in [4.78, 5) is 12.7. The van der Waals surface area contributed by atoms with Gasteiger partial charge in [-0.1, -0.05) is 114 Å². The average molecular weight is 523 g/mol. The lowest BCUT2D eigenvalue weighted by atomic mass is 9.71. The van der Waals surface area contributed by atoms with Crippen LogP contribution >= 0.6 is 0 Å². The first-order valence-corrected chi connectivity index (χ1v) is 14.4. The molecule has 0 fully saturated rings. The maximum Gasteiger partial charge on any atom is 0.311 e. The number of ether oxygens (including phenoxy) is 1. The Kier molecular flexibility index (Phi) is 9.95. The highest BCUT2D eigenvalue weighted by Gasteiger charge is 2.31. The predicted molar refractivity (Wildman–Crippen MR) is 161 cm³/mol. The summed E-state index contributed by atoms with van der Waals surface area (Å²) in [6.07, 6.45) is 4.21. The second kappa shape index (κ2) is 11.8. The molecule has 2 aromatic carbocycles. The van der Waals surface area contributed by atoms with Crippen molar-refractivity contribution in [2.75, 3.05) is 0 Å². The van der Waals surface area contributed by atoms with Gasteiger partial charge in [-0.15, -0.1) is 0 Å². The van der Waals surface area contributed by atoms with Crippen molar-refractivity contribution in [2.45, 2.75) is 132 Å². The van der Waals surface area contributed by atoms with Crippen LogP contribution in [0.4, 0.5) is 0 Å². The Morgan fingerprint density at radius 2 is 1.26 bits per heavy atom. The molecule has 0 aliphatic heterocycles. The van der Waals surface area contributed by atoms with E-state index in [1.54, 1.807) is 0 Å². The van der Waals surface area contributed by atoms with Crippen LogP contribution in [0, 0.1) is 10.8 Å². The number of rotatable bonds is 10. The van der Waals surface area contributed by atoms with Crippen molar-refractivity contribution in [3.05, 3.63) is 58.7 Å². The lowest BCUT2D eigenvalue weighted by molar-refractivity contribution is -0.134. The number of phenols is 1. The van der Waals surface area contributed by atoms with E-state index in [0.717, 1.165) is 36.8 Å². The van der Waals surface area contributed by atoms with Gasteiger partial charge in [0.25, 0.3) is 0 Å². The van der Waals surface area contributed by atoms with Crippen LogP contribution < -0.4 is 4.74 Å². The molecule has 1 unspecified atom stereocenters. The minimum absolute atomic E-state index is 0.0492. The first-order chi connectivity index (χ1) is 17.3. The van der Waals surface area contributed by atoms with Crippen molar-refractivity contribution in [3.63, 3.8) is 0 Å².